The molecule has 0 aliphatic carbocycles. The van der Waals surface area contributed by atoms with Gasteiger partial charge in [-0.05, 0) is 48.7 Å². The lowest BCUT2D eigenvalue weighted by atomic mass is 10.1. The summed E-state index contributed by atoms with van der Waals surface area (Å²) in [6.07, 6.45) is 8.45. The molecule has 1 aliphatic heterocycles. The monoisotopic (exact) mass is 429 g/mol. The molecule has 1 aliphatic rings. The molecule has 2 aromatic heterocycles. The van der Waals surface area contributed by atoms with E-state index in [0.29, 0.717) is 23.5 Å². The Morgan fingerprint density at radius 1 is 1.10 bits per heavy atom. The Labute approximate surface area is 172 Å². The SMILES string of the molecule is O=C(O)/C(=C\c1ccc(-n2ccnc2)cc1)c1ccc(S(=O)(=O)N2CCCC2)s1. The molecule has 0 amide bonds. The molecule has 1 saturated heterocycles. The van der Waals surface area contributed by atoms with Crippen LogP contribution in [0.4, 0.5) is 0 Å². The minimum Gasteiger partial charge on any atom is -0.478 e. The predicted molar refractivity (Wildman–Crippen MR) is 111 cm³/mol. The van der Waals surface area contributed by atoms with E-state index in [4.69, 9.17) is 0 Å². The number of hydrogen-bond acceptors (Lipinski definition) is 5. The Balaban J connectivity index is 1.63. The summed E-state index contributed by atoms with van der Waals surface area (Å²) < 4.78 is 28.9. The number of thiophene rings is 1. The van der Waals surface area contributed by atoms with Crippen LogP contribution in [0.3, 0.4) is 0 Å². The molecule has 1 aromatic carbocycles. The summed E-state index contributed by atoms with van der Waals surface area (Å²) in [5, 5.41) is 9.68. The lowest BCUT2D eigenvalue weighted by molar-refractivity contribution is -0.130. The van der Waals surface area contributed by atoms with Gasteiger partial charge in [-0.2, -0.15) is 4.31 Å². The zero-order valence-electron chi connectivity index (χ0n) is 15.4. The van der Waals surface area contributed by atoms with Crippen LogP contribution >= 0.6 is 11.3 Å². The summed E-state index contributed by atoms with van der Waals surface area (Å²) in [6.45, 7) is 1.03. The van der Waals surface area contributed by atoms with E-state index in [-0.39, 0.29) is 9.78 Å². The first-order chi connectivity index (χ1) is 13.9. The number of carboxylic acid groups (broad SMARTS) is 1. The van der Waals surface area contributed by atoms with Crippen molar-refractivity contribution >= 4 is 39.0 Å². The Kier molecular flexibility index (Phi) is 5.35. The summed E-state index contributed by atoms with van der Waals surface area (Å²) >= 11 is 0.992. The summed E-state index contributed by atoms with van der Waals surface area (Å²) in [7, 11) is -3.56. The largest absolute Gasteiger partial charge is 0.478 e. The Bertz CT molecular complexity index is 1140. The number of benzene rings is 1. The van der Waals surface area contributed by atoms with Crippen molar-refractivity contribution in [1.29, 1.82) is 0 Å². The van der Waals surface area contributed by atoms with Crippen LogP contribution < -0.4 is 0 Å². The molecule has 0 spiro atoms. The Hall–Kier alpha value is -2.75. The van der Waals surface area contributed by atoms with Gasteiger partial charge >= 0.3 is 5.97 Å². The van der Waals surface area contributed by atoms with E-state index >= 15 is 0 Å². The second-order valence-electron chi connectivity index (χ2n) is 6.65. The van der Waals surface area contributed by atoms with Crippen molar-refractivity contribution in [2.24, 2.45) is 0 Å². The lowest BCUT2D eigenvalue weighted by Crippen LogP contribution is -2.27. The third kappa shape index (κ3) is 4.02. The highest BCUT2D eigenvalue weighted by atomic mass is 32.2. The van der Waals surface area contributed by atoms with Gasteiger partial charge in [0.05, 0.1) is 11.9 Å². The fourth-order valence-corrected chi connectivity index (χ4v) is 6.20. The number of nitrogens with zero attached hydrogens (tertiary/aromatic N) is 3. The second kappa shape index (κ2) is 7.94. The van der Waals surface area contributed by atoms with Gasteiger partial charge in [-0.25, -0.2) is 18.2 Å². The molecule has 0 bridgehead atoms. The number of carboxylic acids is 1. The van der Waals surface area contributed by atoms with Crippen molar-refractivity contribution in [2.75, 3.05) is 13.1 Å². The first-order valence-electron chi connectivity index (χ1n) is 9.09. The van der Waals surface area contributed by atoms with E-state index in [0.717, 1.165) is 29.9 Å². The van der Waals surface area contributed by atoms with E-state index in [1.165, 1.54) is 10.4 Å². The minimum atomic E-state index is -3.56. The zero-order chi connectivity index (χ0) is 20.4. The van der Waals surface area contributed by atoms with Gasteiger partial charge in [-0.15, -0.1) is 11.3 Å². The molecular formula is C20H19N3O4S2. The maximum absolute atomic E-state index is 12.7. The van der Waals surface area contributed by atoms with E-state index in [1.54, 1.807) is 24.7 Å². The van der Waals surface area contributed by atoms with Crippen LogP contribution in [0.1, 0.15) is 23.3 Å². The molecule has 7 nitrogen and oxygen atoms in total. The van der Waals surface area contributed by atoms with Gasteiger partial charge in [0, 0.05) is 36.0 Å². The quantitative estimate of drug-likeness (QED) is 0.607. The summed E-state index contributed by atoms with van der Waals surface area (Å²) in [5.41, 5.74) is 1.68. The van der Waals surface area contributed by atoms with Crippen molar-refractivity contribution in [1.82, 2.24) is 13.9 Å². The fourth-order valence-electron chi connectivity index (χ4n) is 3.22. The van der Waals surface area contributed by atoms with Crippen molar-refractivity contribution in [3.63, 3.8) is 0 Å². The second-order valence-corrected chi connectivity index (χ2v) is 9.90. The number of rotatable bonds is 6. The molecule has 9 heteroatoms. The molecule has 0 atom stereocenters. The van der Waals surface area contributed by atoms with Crippen LogP contribution in [0.5, 0.6) is 0 Å². The average molecular weight is 430 g/mol. The number of aromatic nitrogens is 2. The Morgan fingerprint density at radius 3 is 2.45 bits per heavy atom. The minimum absolute atomic E-state index is 0.0632. The molecule has 3 aromatic rings. The van der Waals surface area contributed by atoms with Crippen LogP contribution in [-0.4, -0.2) is 46.4 Å². The van der Waals surface area contributed by atoms with Gasteiger partial charge in [-0.3, -0.25) is 0 Å². The summed E-state index contributed by atoms with van der Waals surface area (Å²) in [4.78, 5) is 16.3. The maximum Gasteiger partial charge on any atom is 0.337 e. The van der Waals surface area contributed by atoms with Crippen LogP contribution in [0, 0.1) is 0 Å². The molecule has 1 N–H and O–H groups in total. The molecule has 1 fully saturated rings. The molecule has 0 unspecified atom stereocenters. The van der Waals surface area contributed by atoms with Gasteiger partial charge in [-0.1, -0.05) is 12.1 Å². The van der Waals surface area contributed by atoms with E-state index < -0.39 is 16.0 Å². The standard InChI is InChI=1S/C20H19N3O4S2/c24-20(25)17(13-15-3-5-16(6-4-15)22-12-9-21-14-22)18-7-8-19(28-18)29(26,27)23-10-1-2-11-23/h3-9,12-14H,1-2,10-11H2,(H,24,25)/b17-13-. The van der Waals surface area contributed by atoms with Gasteiger partial charge in [0.1, 0.15) is 4.21 Å². The smallest absolute Gasteiger partial charge is 0.337 e. The summed E-state index contributed by atoms with van der Waals surface area (Å²) in [6, 6.07) is 10.4. The lowest BCUT2D eigenvalue weighted by Gasteiger charge is -2.13. The van der Waals surface area contributed by atoms with Crippen molar-refractivity contribution < 1.29 is 18.3 Å². The number of hydrogen-bond donors (Lipinski definition) is 1. The summed E-state index contributed by atoms with van der Waals surface area (Å²) in [5.74, 6) is -1.10. The molecule has 4 rings (SSSR count). The fraction of sp³-hybridized carbons (Fsp3) is 0.200. The van der Waals surface area contributed by atoms with Crippen LogP contribution in [0.2, 0.25) is 0 Å². The first-order valence-corrected chi connectivity index (χ1v) is 11.3. The van der Waals surface area contributed by atoms with Gasteiger partial charge in [0.15, 0.2) is 0 Å². The van der Waals surface area contributed by atoms with Crippen molar-refractivity contribution in [3.05, 3.63) is 65.6 Å². The zero-order valence-corrected chi connectivity index (χ0v) is 17.1. The first kappa shape index (κ1) is 19.6. The predicted octanol–water partition coefficient (Wildman–Crippen LogP) is 3.34. The maximum atomic E-state index is 12.7. The highest BCUT2D eigenvalue weighted by Gasteiger charge is 2.29. The van der Waals surface area contributed by atoms with Crippen LogP contribution in [0.25, 0.3) is 17.3 Å². The normalized spacial score (nSPS) is 15.7. The van der Waals surface area contributed by atoms with Crippen LogP contribution in [-0.2, 0) is 14.8 Å². The highest BCUT2D eigenvalue weighted by Crippen LogP contribution is 2.32. The molecule has 0 saturated carbocycles. The van der Waals surface area contributed by atoms with Crippen LogP contribution in [0.15, 0.2) is 59.3 Å². The van der Waals surface area contributed by atoms with E-state index in [9.17, 15) is 18.3 Å². The average Bonchev–Trinajstić information content (AvgIpc) is 3.49. The Morgan fingerprint density at radius 2 is 1.83 bits per heavy atom. The van der Waals surface area contributed by atoms with Gasteiger partial charge in [0.2, 0.25) is 0 Å². The third-order valence-electron chi connectivity index (χ3n) is 4.74. The number of aliphatic carboxylic acids is 1. The van der Waals surface area contributed by atoms with E-state index in [2.05, 4.69) is 4.98 Å². The van der Waals surface area contributed by atoms with E-state index in [1.807, 2.05) is 35.0 Å². The number of carbonyl (C=O) groups is 1. The third-order valence-corrected chi connectivity index (χ3v) is 8.23. The molecular weight excluding hydrogens is 410 g/mol. The van der Waals surface area contributed by atoms with Gasteiger partial charge < -0.3 is 9.67 Å². The van der Waals surface area contributed by atoms with Crippen molar-refractivity contribution in [3.8, 4) is 5.69 Å². The van der Waals surface area contributed by atoms with Gasteiger partial charge in [0.25, 0.3) is 10.0 Å². The molecule has 0 radical (unpaired) electrons. The van der Waals surface area contributed by atoms with Crippen molar-refractivity contribution in [2.45, 2.75) is 17.1 Å². The highest BCUT2D eigenvalue weighted by molar-refractivity contribution is 7.91. The molecule has 29 heavy (non-hydrogen) atoms. The number of sulfonamides is 1. The topological polar surface area (TPSA) is 92.5 Å². The molecule has 3 heterocycles. The number of imidazole rings is 1. The molecule has 150 valence electrons.